The molecule has 0 spiro atoms. The van der Waals surface area contributed by atoms with Gasteiger partial charge >= 0.3 is 0 Å². The number of halogens is 1. The van der Waals surface area contributed by atoms with E-state index in [1.807, 2.05) is 0 Å². The van der Waals surface area contributed by atoms with E-state index >= 15 is 0 Å². The van der Waals surface area contributed by atoms with Gasteiger partial charge in [-0.05, 0) is 42.2 Å². The maximum absolute atomic E-state index is 12.6. The molecule has 1 unspecified atom stereocenters. The van der Waals surface area contributed by atoms with Gasteiger partial charge in [0.2, 0.25) is 10.0 Å². The van der Waals surface area contributed by atoms with E-state index < -0.39 is 10.0 Å². The highest BCUT2D eigenvalue weighted by Gasteiger charge is 2.24. The number of hydrogen-bond acceptors (Lipinski definition) is 3. The summed E-state index contributed by atoms with van der Waals surface area (Å²) in [5, 5.41) is 0.698. The van der Waals surface area contributed by atoms with Gasteiger partial charge in [0.15, 0.2) is 0 Å². The molecule has 0 amide bonds. The summed E-state index contributed by atoms with van der Waals surface area (Å²) in [4.78, 5) is 0.262. The van der Waals surface area contributed by atoms with Gasteiger partial charge in [-0.1, -0.05) is 41.9 Å². The molecule has 1 aromatic heterocycles. The largest absolute Gasteiger partial charge is 0.468 e. The first-order valence-electron chi connectivity index (χ1n) is 7.13. The first kappa shape index (κ1) is 17.2. The van der Waals surface area contributed by atoms with Crippen molar-refractivity contribution in [2.45, 2.75) is 36.5 Å². The number of rotatable bonds is 7. The molecule has 0 aliphatic rings. The van der Waals surface area contributed by atoms with Crippen molar-refractivity contribution in [1.82, 2.24) is 4.72 Å². The summed E-state index contributed by atoms with van der Waals surface area (Å²) >= 11 is 3.35. The quantitative estimate of drug-likeness (QED) is 0.724. The van der Waals surface area contributed by atoms with Gasteiger partial charge in [0.25, 0.3) is 0 Å². The van der Waals surface area contributed by atoms with Crippen LogP contribution in [-0.2, 0) is 15.4 Å². The zero-order valence-corrected chi connectivity index (χ0v) is 15.0. The third-order valence-electron chi connectivity index (χ3n) is 3.28. The molecule has 0 saturated carbocycles. The highest BCUT2D eigenvalue weighted by molar-refractivity contribution is 9.08. The topological polar surface area (TPSA) is 59.3 Å². The monoisotopic (exact) mass is 385 g/mol. The van der Waals surface area contributed by atoms with Crippen molar-refractivity contribution in [3.63, 3.8) is 0 Å². The third kappa shape index (κ3) is 4.44. The average Bonchev–Trinajstić information content (AvgIpc) is 3.00. The van der Waals surface area contributed by atoms with Gasteiger partial charge in [0, 0.05) is 5.33 Å². The van der Waals surface area contributed by atoms with Gasteiger partial charge in [-0.15, -0.1) is 0 Å². The summed E-state index contributed by atoms with van der Waals surface area (Å²) < 4.78 is 33.2. The molecule has 120 valence electrons. The lowest BCUT2D eigenvalue weighted by Crippen LogP contribution is -2.29. The van der Waals surface area contributed by atoms with Crippen molar-refractivity contribution >= 4 is 26.0 Å². The molecule has 22 heavy (non-hydrogen) atoms. The van der Waals surface area contributed by atoms with Crippen LogP contribution >= 0.6 is 15.9 Å². The van der Waals surface area contributed by atoms with E-state index in [1.165, 1.54) is 0 Å². The number of alkyl halides is 1. The van der Waals surface area contributed by atoms with Gasteiger partial charge in [0.05, 0.1) is 17.2 Å². The fourth-order valence-corrected chi connectivity index (χ4v) is 3.79. The van der Waals surface area contributed by atoms with E-state index in [0.717, 1.165) is 5.56 Å². The van der Waals surface area contributed by atoms with Crippen LogP contribution in [0, 0.1) is 5.92 Å². The van der Waals surface area contributed by atoms with Crippen LogP contribution in [0.25, 0.3) is 0 Å². The molecule has 1 heterocycles. The number of furan rings is 1. The zero-order chi connectivity index (χ0) is 16.2. The molecule has 4 nitrogen and oxygen atoms in total. The van der Waals surface area contributed by atoms with Crippen molar-refractivity contribution in [2.24, 2.45) is 5.92 Å². The minimum Gasteiger partial charge on any atom is -0.468 e. The Bertz CT molecular complexity index is 679. The summed E-state index contributed by atoms with van der Waals surface area (Å²) in [6.45, 7) is 4.10. The standard InChI is InChI=1S/C16H20BrNO3S/c1-12(2)10-15(16-4-3-9-21-16)18-22(19,20)14-7-5-13(11-17)6-8-14/h3-9,12,15,18H,10-11H2,1-2H3. The summed E-state index contributed by atoms with van der Waals surface area (Å²) in [6, 6.07) is 10.0. The summed E-state index contributed by atoms with van der Waals surface area (Å²) in [5.74, 6) is 0.975. The predicted molar refractivity (Wildman–Crippen MR) is 90.3 cm³/mol. The van der Waals surface area contributed by atoms with Crippen LogP contribution in [0.1, 0.15) is 37.6 Å². The lowest BCUT2D eigenvalue weighted by molar-refractivity contribution is 0.393. The Kier molecular flexibility index (Phi) is 5.83. The maximum atomic E-state index is 12.6. The molecule has 1 atom stereocenters. The van der Waals surface area contributed by atoms with Gasteiger partial charge in [-0.25, -0.2) is 13.1 Å². The van der Waals surface area contributed by atoms with Crippen LogP contribution in [0.15, 0.2) is 52.0 Å². The van der Waals surface area contributed by atoms with Crippen molar-refractivity contribution < 1.29 is 12.8 Å². The van der Waals surface area contributed by atoms with Crippen LogP contribution in [0.3, 0.4) is 0 Å². The lowest BCUT2D eigenvalue weighted by Gasteiger charge is -2.18. The van der Waals surface area contributed by atoms with Crippen molar-refractivity contribution in [1.29, 1.82) is 0 Å². The van der Waals surface area contributed by atoms with Crippen molar-refractivity contribution in [3.05, 3.63) is 54.0 Å². The van der Waals surface area contributed by atoms with Crippen LogP contribution in [-0.4, -0.2) is 8.42 Å². The molecule has 0 fully saturated rings. The lowest BCUT2D eigenvalue weighted by atomic mass is 10.0. The minimum atomic E-state index is -3.58. The first-order chi connectivity index (χ1) is 10.4. The van der Waals surface area contributed by atoms with E-state index in [9.17, 15) is 8.42 Å². The van der Waals surface area contributed by atoms with E-state index in [4.69, 9.17) is 4.42 Å². The Morgan fingerprint density at radius 3 is 2.36 bits per heavy atom. The van der Waals surface area contributed by atoms with E-state index in [0.29, 0.717) is 23.4 Å². The fourth-order valence-electron chi connectivity index (χ4n) is 2.20. The van der Waals surface area contributed by atoms with E-state index in [2.05, 4.69) is 34.5 Å². The maximum Gasteiger partial charge on any atom is 0.241 e. The van der Waals surface area contributed by atoms with Crippen LogP contribution in [0.5, 0.6) is 0 Å². The van der Waals surface area contributed by atoms with Crippen LogP contribution < -0.4 is 4.72 Å². The summed E-state index contributed by atoms with van der Waals surface area (Å²) in [7, 11) is -3.58. The Morgan fingerprint density at radius 2 is 1.86 bits per heavy atom. The second kappa shape index (κ2) is 7.44. The molecular formula is C16H20BrNO3S. The molecule has 6 heteroatoms. The first-order valence-corrected chi connectivity index (χ1v) is 9.73. The van der Waals surface area contributed by atoms with Gasteiger partial charge in [0.1, 0.15) is 5.76 Å². The minimum absolute atomic E-state index is 0.262. The average molecular weight is 386 g/mol. The number of nitrogens with one attached hydrogen (secondary N) is 1. The fraction of sp³-hybridized carbons (Fsp3) is 0.375. The van der Waals surface area contributed by atoms with Crippen LogP contribution in [0.4, 0.5) is 0 Å². The predicted octanol–water partition coefficient (Wildman–Crippen LogP) is 4.24. The Labute approximate surface area is 140 Å². The second-order valence-corrected chi connectivity index (χ2v) is 7.87. The molecule has 1 N–H and O–H groups in total. The van der Waals surface area contributed by atoms with E-state index in [-0.39, 0.29) is 10.9 Å². The highest BCUT2D eigenvalue weighted by atomic mass is 79.9. The van der Waals surface area contributed by atoms with Gasteiger partial charge in [-0.2, -0.15) is 0 Å². The number of hydrogen-bond donors (Lipinski definition) is 1. The Morgan fingerprint density at radius 1 is 1.18 bits per heavy atom. The molecule has 0 radical (unpaired) electrons. The molecule has 2 aromatic rings. The Hall–Kier alpha value is -1.11. The van der Waals surface area contributed by atoms with Crippen molar-refractivity contribution in [2.75, 3.05) is 0 Å². The Balaban J connectivity index is 2.23. The molecule has 2 rings (SSSR count). The SMILES string of the molecule is CC(C)CC(NS(=O)(=O)c1ccc(CBr)cc1)c1ccco1. The third-order valence-corrected chi connectivity index (χ3v) is 5.41. The zero-order valence-electron chi connectivity index (χ0n) is 12.6. The van der Waals surface area contributed by atoms with Gasteiger partial charge < -0.3 is 4.42 Å². The molecule has 0 aliphatic heterocycles. The van der Waals surface area contributed by atoms with Crippen LogP contribution in [0.2, 0.25) is 0 Å². The molecular weight excluding hydrogens is 366 g/mol. The molecule has 0 saturated heterocycles. The summed E-state index contributed by atoms with van der Waals surface area (Å²) in [6.07, 6.45) is 2.23. The van der Waals surface area contributed by atoms with E-state index in [1.54, 1.807) is 42.7 Å². The number of benzene rings is 1. The second-order valence-electron chi connectivity index (χ2n) is 5.60. The smallest absolute Gasteiger partial charge is 0.241 e. The summed E-state index contributed by atoms with van der Waals surface area (Å²) in [5.41, 5.74) is 1.03. The highest BCUT2D eigenvalue weighted by Crippen LogP contribution is 2.24. The normalized spacial score (nSPS) is 13.5. The molecule has 0 bridgehead atoms. The number of sulfonamides is 1. The molecule has 1 aromatic carbocycles. The van der Waals surface area contributed by atoms with Crippen molar-refractivity contribution in [3.8, 4) is 0 Å². The van der Waals surface area contributed by atoms with Gasteiger partial charge in [-0.3, -0.25) is 0 Å². The molecule has 0 aliphatic carbocycles.